The Hall–Kier alpha value is -2.22. The van der Waals surface area contributed by atoms with Crippen LogP contribution >= 0.6 is 17.0 Å². The number of fused-ring (bicyclic) bond motifs is 2. The van der Waals surface area contributed by atoms with Gasteiger partial charge in [0.15, 0.2) is 0 Å². The molecule has 0 saturated heterocycles. The molecule has 9 aliphatic rings. The maximum absolute atomic E-state index is 4.93. The zero-order chi connectivity index (χ0) is 43.8. The molecule has 0 heterocycles. The zero-order valence-corrected chi connectivity index (χ0v) is 43.9. The van der Waals surface area contributed by atoms with Gasteiger partial charge < -0.3 is 0 Å². The van der Waals surface area contributed by atoms with Crippen LogP contribution in [-0.2, 0) is 38.1 Å². The Bertz CT molecular complexity index is 2410. The van der Waals surface area contributed by atoms with E-state index >= 15 is 0 Å². The Morgan fingerprint density at radius 1 is 0.547 bits per heavy atom. The molecule has 2 radical (unpaired) electrons. The fraction of sp³-hybridized carbons (Fsp3) is 0.500. The van der Waals surface area contributed by atoms with Crippen LogP contribution in [0.25, 0.3) is 43.8 Å². The average Bonchev–Trinajstić information content (AvgIpc) is 3.95. The van der Waals surface area contributed by atoms with Gasteiger partial charge in [0.1, 0.15) is 0 Å². The average molecular weight is 981 g/mol. The van der Waals surface area contributed by atoms with Crippen molar-refractivity contribution in [2.24, 2.45) is 35.5 Å². The molecule has 15 rings (SSSR count). The zero-order valence-electron chi connectivity index (χ0n) is 38.9. The first-order chi connectivity index (χ1) is 31.3. The van der Waals surface area contributed by atoms with E-state index in [0.717, 1.165) is 57.4 Å². The number of aryl methyl sites for hydroxylation is 1. The van der Waals surface area contributed by atoms with Crippen molar-refractivity contribution < 1.29 is 20.8 Å². The topological polar surface area (TPSA) is 0 Å². The molecule has 0 atom stereocenters. The third kappa shape index (κ3) is 9.21. The number of rotatable bonds is 6. The summed E-state index contributed by atoms with van der Waals surface area (Å²) in [4.78, 5) is 0. The SMILES string of the molecule is CCc1cc2c(-c3ccc(C45CC6CC(CC(C6)C4)C5)cc3)cccc2[cH-]1.C[Si]C.[Cl][Zr+2][Cl].c1cc(-c2ccc(C34CC5CC(CC(C5)C3)C4)cc2)c2cc(C3CCCCC3)[cH-]c2c1. The van der Waals surface area contributed by atoms with E-state index in [1.807, 2.05) is 0 Å². The van der Waals surface area contributed by atoms with Gasteiger partial charge in [-0.2, -0.15) is 12.1 Å². The minimum atomic E-state index is -0.826. The van der Waals surface area contributed by atoms with E-state index in [2.05, 4.69) is 129 Å². The minimum absolute atomic E-state index is 0.508. The van der Waals surface area contributed by atoms with Gasteiger partial charge in [-0.25, -0.2) is 0 Å². The molecule has 0 N–H and O–H groups in total. The summed E-state index contributed by atoms with van der Waals surface area (Å²) >= 11 is -0.826. The molecule has 0 spiro atoms. The molecule has 0 nitrogen and oxygen atoms in total. The van der Waals surface area contributed by atoms with E-state index in [9.17, 15) is 0 Å². The second-order valence-corrected chi connectivity index (χ2v) is 26.8. The summed E-state index contributed by atoms with van der Waals surface area (Å²) < 4.78 is 0. The van der Waals surface area contributed by atoms with Crippen molar-refractivity contribution in [1.29, 1.82) is 0 Å². The quantitative estimate of drug-likeness (QED) is 0.115. The minimum Gasteiger partial charge on any atom is -0.164 e. The molecule has 0 aromatic heterocycles. The van der Waals surface area contributed by atoms with Gasteiger partial charge >= 0.3 is 37.9 Å². The van der Waals surface area contributed by atoms with E-state index in [-0.39, 0.29) is 0 Å². The number of hydrogen-bond acceptors (Lipinski definition) is 0. The maximum Gasteiger partial charge on any atom is -0.00391 e. The van der Waals surface area contributed by atoms with Crippen LogP contribution in [0, 0.1) is 35.5 Å². The van der Waals surface area contributed by atoms with Gasteiger partial charge in [-0.15, -0.1) is 69.1 Å². The molecule has 6 aromatic carbocycles. The van der Waals surface area contributed by atoms with Crippen LogP contribution in [0.3, 0.4) is 0 Å². The third-order valence-corrected chi connectivity index (χ3v) is 17.8. The van der Waals surface area contributed by atoms with Crippen LogP contribution in [0.1, 0.15) is 144 Å². The Balaban J connectivity index is 0.000000136. The fourth-order valence-electron chi connectivity index (χ4n) is 15.9. The van der Waals surface area contributed by atoms with E-state index in [1.165, 1.54) is 159 Å². The summed E-state index contributed by atoms with van der Waals surface area (Å²) in [5, 5.41) is 5.69. The van der Waals surface area contributed by atoms with Gasteiger partial charge in [-0.1, -0.05) is 111 Å². The molecular formula is C60H70Cl2SiZr. The van der Waals surface area contributed by atoms with Crippen molar-refractivity contribution in [3.8, 4) is 22.3 Å². The standard InChI is InChI=1S/C31H35.C27H29.C2H6Si.2ClH.Zr/c1-2-5-24(6-3-1)27-16-26-7-4-8-29(30(26)17-27)25-9-11-28(12-10-25)31-18-21-13-22(19-31)15-23(14-21)20-31;1-2-18-13-23-4-3-5-25(26(23)14-18)22-6-8-24(9-7-22)27-15-19-10-20(16-27)12-21(11-19)17-27;1-3-2;;;/h4,7-12,16-17,21-24H,1-3,5-6,13-15,18-20H2;3-9,13-14,19-21H,2,10-12,15-17H2,1H3;1-2H3;2*1H;/q2*-1;;;;+4/p-2. The third-order valence-electron chi connectivity index (χ3n) is 17.8. The predicted octanol–water partition coefficient (Wildman–Crippen LogP) is 18.2. The first-order valence-corrected chi connectivity index (χ1v) is 33.8. The van der Waals surface area contributed by atoms with Crippen molar-refractivity contribution >= 4 is 48.1 Å². The molecule has 0 unspecified atom stereocenters. The Labute approximate surface area is 407 Å². The van der Waals surface area contributed by atoms with Crippen LogP contribution in [-0.4, -0.2) is 9.52 Å². The van der Waals surface area contributed by atoms with E-state index in [4.69, 9.17) is 17.0 Å². The normalized spacial score (nSPS) is 29.6. The van der Waals surface area contributed by atoms with Crippen LogP contribution in [0.4, 0.5) is 0 Å². The Morgan fingerprint density at radius 2 is 0.938 bits per heavy atom. The first-order valence-electron chi connectivity index (χ1n) is 25.5. The van der Waals surface area contributed by atoms with Crippen LogP contribution in [0.5, 0.6) is 0 Å². The molecule has 9 saturated carbocycles. The van der Waals surface area contributed by atoms with E-state index in [1.54, 1.807) is 16.7 Å². The van der Waals surface area contributed by atoms with Gasteiger partial charge in [0.2, 0.25) is 0 Å². The predicted molar refractivity (Wildman–Crippen MR) is 274 cm³/mol. The molecule has 6 aromatic rings. The van der Waals surface area contributed by atoms with Gasteiger partial charge in [-0.05, 0) is 171 Å². The number of benzene rings is 4. The van der Waals surface area contributed by atoms with E-state index in [0.29, 0.717) is 10.8 Å². The Morgan fingerprint density at radius 3 is 1.34 bits per heavy atom. The molecular weight excluding hydrogens is 911 g/mol. The molecule has 8 bridgehead atoms. The summed E-state index contributed by atoms with van der Waals surface area (Å²) in [6, 6.07) is 43.1. The maximum atomic E-state index is 4.93. The van der Waals surface area contributed by atoms with Gasteiger partial charge in [0.05, 0.1) is 0 Å². The molecule has 332 valence electrons. The molecule has 4 heteroatoms. The van der Waals surface area contributed by atoms with Crippen molar-refractivity contribution in [3.05, 3.63) is 131 Å². The molecule has 9 aliphatic carbocycles. The van der Waals surface area contributed by atoms with Crippen molar-refractivity contribution in [2.45, 2.75) is 152 Å². The number of hydrogen-bond donors (Lipinski definition) is 0. The van der Waals surface area contributed by atoms with E-state index < -0.39 is 20.8 Å². The summed E-state index contributed by atoms with van der Waals surface area (Å²) in [6.07, 6.45) is 26.0. The number of halogens is 2. The largest absolute Gasteiger partial charge is 0.164 e. The summed E-state index contributed by atoms with van der Waals surface area (Å²) in [7, 11) is 11.0. The van der Waals surface area contributed by atoms with Crippen LogP contribution in [0.15, 0.2) is 109 Å². The summed E-state index contributed by atoms with van der Waals surface area (Å²) in [6.45, 7) is 6.55. The first kappa shape index (κ1) is 45.6. The van der Waals surface area contributed by atoms with Gasteiger partial charge in [0.25, 0.3) is 0 Å². The van der Waals surface area contributed by atoms with Crippen LogP contribution in [0.2, 0.25) is 13.1 Å². The fourth-order valence-corrected chi connectivity index (χ4v) is 15.9. The van der Waals surface area contributed by atoms with Crippen molar-refractivity contribution in [2.75, 3.05) is 0 Å². The molecule has 64 heavy (non-hydrogen) atoms. The second kappa shape index (κ2) is 19.8. The van der Waals surface area contributed by atoms with Crippen molar-refractivity contribution in [3.63, 3.8) is 0 Å². The smallest absolute Gasteiger partial charge is 0.00391 e. The van der Waals surface area contributed by atoms with Crippen molar-refractivity contribution in [1.82, 2.24) is 0 Å². The summed E-state index contributed by atoms with van der Waals surface area (Å²) in [5.41, 5.74) is 12.9. The second-order valence-electron chi connectivity index (χ2n) is 22.1. The van der Waals surface area contributed by atoms with Gasteiger partial charge in [0, 0.05) is 9.52 Å². The van der Waals surface area contributed by atoms with Gasteiger partial charge in [-0.3, -0.25) is 0 Å². The monoisotopic (exact) mass is 978 g/mol. The van der Waals surface area contributed by atoms with Crippen LogP contribution < -0.4 is 0 Å². The molecule has 0 amide bonds. The molecule has 0 aliphatic heterocycles. The summed E-state index contributed by atoms with van der Waals surface area (Å²) in [5.74, 6) is 6.88. The molecule has 9 fully saturated rings. The Kier molecular flexibility index (Phi) is 14.1.